The fourth-order valence-corrected chi connectivity index (χ4v) is 2.64. The van der Waals surface area contributed by atoms with Crippen LogP contribution in [0, 0.1) is 0 Å². The molecule has 0 radical (unpaired) electrons. The average Bonchev–Trinajstić information content (AvgIpc) is 3.08. The monoisotopic (exact) mass is 323 g/mol. The predicted molar refractivity (Wildman–Crippen MR) is 96.2 cm³/mol. The molecule has 4 nitrogen and oxygen atoms in total. The number of nitrogens with two attached hydrogens (primary N) is 1. The Morgan fingerprint density at radius 2 is 1.83 bits per heavy atom. The molecule has 0 amide bonds. The van der Waals surface area contributed by atoms with Crippen molar-refractivity contribution in [3.63, 3.8) is 0 Å². The molecule has 0 aliphatic carbocycles. The Bertz CT molecular complexity index is 770. The molecule has 0 aliphatic rings. The van der Waals surface area contributed by atoms with E-state index in [2.05, 4.69) is 10.3 Å². The Hall–Kier alpha value is -2.79. The Labute approximate surface area is 139 Å². The summed E-state index contributed by atoms with van der Waals surface area (Å²) in [4.78, 5) is 5.51. The van der Waals surface area contributed by atoms with E-state index in [1.165, 1.54) is 4.88 Å². The molecule has 3 aromatic rings. The van der Waals surface area contributed by atoms with E-state index in [1.807, 2.05) is 72.1 Å². The van der Waals surface area contributed by atoms with E-state index >= 15 is 0 Å². The number of hydrogen-bond donors (Lipinski definition) is 2. The van der Waals surface area contributed by atoms with E-state index in [0.29, 0.717) is 12.5 Å². The molecule has 3 N–H and O–H groups in total. The van der Waals surface area contributed by atoms with Gasteiger partial charge < -0.3 is 15.8 Å². The third kappa shape index (κ3) is 4.59. The molecule has 2 aromatic carbocycles. The average molecular weight is 323 g/mol. The molecule has 116 valence electrons. The van der Waals surface area contributed by atoms with Crippen LogP contribution in [0.5, 0.6) is 11.5 Å². The van der Waals surface area contributed by atoms with Crippen molar-refractivity contribution in [3.05, 3.63) is 77.0 Å². The molecule has 1 aromatic heterocycles. The fourth-order valence-electron chi connectivity index (χ4n) is 2.02. The van der Waals surface area contributed by atoms with Gasteiger partial charge in [-0.15, -0.1) is 11.3 Å². The smallest absolute Gasteiger partial charge is 0.193 e. The van der Waals surface area contributed by atoms with E-state index in [-0.39, 0.29) is 0 Å². The summed E-state index contributed by atoms with van der Waals surface area (Å²) < 4.78 is 5.80. The number of nitrogens with zero attached hydrogens (tertiary/aromatic N) is 1. The minimum Gasteiger partial charge on any atom is -0.457 e. The molecular weight excluding hydrogens is 306 g/mol. The summed E-state index contributed by atoms with van der Waals surface area (Å²) in [6.45, 7) is 0.580. The van der Waals surface area contributed by atoms with Crippen LogP contribution in [-0.4, -0.2) is 5.96 Å². The molecule has 0 aliphatic heterocycles. The molecule has 3 rings (SSSR count). The van der Waals surface area contributed by atoms with Crippen molar-refractivity contribution < 1.29 is 4.74 Å². The van der Waals surface area contributed by atoms with Gasteiger partial charge in [0.05, 0.1) is 6.54 Å². The third-order valence-corrected chi connectivity index (χ3v) is 3.93. The molecule has 23 heavy (non-hydrogen) atoms. The normalized spacial score (nSPS) is 11.2. The van der Waals surface area contributed by atoms with Crippen LogP contribution in [0.4, 0.5) is 5.69 Å². The summed E-state index contributed by atoms with van der Waals surface area (Å²) in [6, 6.07) is 21.3. The second-order valence-electron chi connectivity index (χ2n) is 4.85. The largest absolute Gasteiger partial charge is 0.457 e. The van der Waals surface area contributed by atoms with Crippen LogP contribution in [0.15, 0.2) is 77.1 Å². The number of ether oxygens (including phenoxy) is 1. The van der Waals surface area contributed by atoms with Crippen molar-refractivity contribution in [3.8, 4) is 11.5 Å². The maximum atomic E-state index is 5.93. The van der Waals surface area contributed by atoms with Gasteiger partial charge in [-0.3, -0.25) is 0 Å². The number of anilines is 1. The van der Waals surface area contributed by atoms with Crippen molar-refractivity contribution in [1.29, 1.82) is 0 Å². The Morgan fingerprint density at radius 3 is 2.61 bits per heavy atom. The lowest BCUT2D eigenvalue weighted by Gasteiger charge is -2.09. The molecule has 0 saturated carbocycles. The van der Waals surface area contributed by atoms with Gasteiger partial charge in [0.25, 0.3) is 0 Å². The van der Waals surface area contributed by atoms with Gasteiger partial charge >= 0.3 is 0 Å². The van der Waals surface area contributed by atoms with E-state index in [9.17, 15) is 0 Å². The van der Waals surface area contributed by atoms with Crippen LogP contribution in [-0.2, 0) is 6.54 Å². The summed E-state index contributed by atoms with van der Waals surface area (Å²) in [7, 11) is 0. The van der Waals surface area contributed by atoms with Gasteiger partial charge in [-0.05, 0) is 35.7 Å². The van der Waals surface area contributed by atoms with Crippen molar-refractivity contribution in [2.24, 2.45) is 10.7 Å². The van der Waals surface area contributed by atoms with Crippen LogP contribution in [0.1, 0.15) is 4.88 Å². The Balaban J connectivity index is 1.64. The van der Waals surface area contributed by atoms with Gasteiger partial charge in [-0.1, -0.05) is 30.3 Å². The van der Waals surface area contributed by atoms with Crippen molar-refractivity contribution in [2.45, 2.75) is 6.54 Å². The summed E-state index contributed by atoms with van der Waals surface area (Å²) in [5.41, 5.74) is 6.77. The van der Waals surface area contributed by atoms with E-state index in [4.69, 9.17) is 10.5 Å². The highest BCUT2D eigenvalue weighted by atomic mass is 32.1. The number of hydrogen-bond acceptors (Lipinski definition) is 3. The zero-order valence-electron chi connectivity index (χ0n) is 12.5. The highest BCUT2D eigenvalue weighted by Crippen LogP contribution is 2.23. The number of guanidine groups is 1. The predicted octanol–water partition coefficient (Wildman–Crippen LogP) is 4.47. The molecule has 1 heterocycles. The number of benzene rings is 2. The van der Waals surface area contributed by atoms with Crippen molar-refractivity contribution in [2.75, 3.05) is 5.32 Å². The van der Waals surface area contributed by atoms with Gasteiger partial charge in [0.1, 0.15) is 11.5 Å². The number of nitrogens with one attached hydrogen (secondary N) is 1. The van der Waals surface area contributed by atoms with Gasteiger partial charge in [0.15, 0.2) is 5.96 Å². The standard InChI is InChI=1S/C18H17N3OS/c19-18(20-13-17-10-5-11-23-17)21-14-6-4-9-16(12-14)22-15-7-2-1-3-8-15/h1-12H,13H2,(H3,19,20,21). The van der Waals surface area contributed by atoms with Crippen LogP contribution in [0.3, 0.4) is 0 Å². The van der Waals surface area contributed by atoms with E-state index in [1.54, 1.807) is 11.3 Å². The summed E-state index contributed by atoms with van der Waals surface area (Å²) in [6.07, 6.45) is 0. The quantitative estimate of drug-likeness (QED) is 0.538. The second kappa shape index (κ2) is 7.47. The summed E-state index contributed by atoms with van der Waals surface area (Å²) in [5, 5.41) is 5.11. The number of rotatable bonds is 5. The van der Waals surface area contributed by atoms with E-state index < -0.39 is 0 Å². The highest BCUT2D eigenvalue weighted by molar-refractivity contribution is 7.09. The lowest BCUT2D eigenvalue weighted by Crippen LogP contribution is -2.22. The lowest BCUT2D eigenvalue weighted by atomic mass is 10.3. The van der Waals surface area contributed by atoms with Crippen LogP contribution < -0.4 is 15.8 Å². The maximum Gasteiger partial charge on any atom is 0.193 e. The highest BCUT2D eigenvalue weighted by Gasteiger charge is 2.00. The third-order valence-electron chi connectivity index (χ3n) is 3.07. The minimum atomic E-state index is 0.385. The first-order valence-corrected chi connectivity index (χ1v) is 8.10. The SMILES string of the molecule is NC(=NCc1cccs1)Nc1cccc(Oc2ccccc2)c1. The number of aliphatic imine (C=N–C) groups is 1. The first kappa shape index (κ1) is 15.1. The summed E-state index contributed by atoms with van der Waals surface area (Å²) >= 11 is 1.66. The molecule has 0 bridgehead atoms. The zero-order chi connectivity index (χ0) is 15.9. The van der Waals surface area contributed by atoms with Gasteiger partial charge in [0.2, 0.25) is 0 Å². The zero-order valence-corrected chi connectivity index (χ0v) is 13.3. The van der Waals surface area contributed by atoms with Crippen molar-refractivity contribution >= 4 is 23.0 Å². The molecule has 5 heteroatoms. The second-order valence-corrected chi connectivity index (χ2v) is 5.88. The lowest BCUT2D eigenvalue weighted by molar-refractivity contribution is 0.483. The molecule has 0 unspecified atom stereocenters. The maximum absolute atomic E-state index is 5.93. The Kier molecular flexibility index (Phi) is 4.91. The Morgan fingerprint density at radius 1 is 1.00 bits per heavy atom. The topological polar surface area (TPSA) is 59.6 Å². The molecule has 0 spiro atoms. The minimum absolute atomic E-state index is 0.385. The number of para-hydroxylation sites is 1. The first-order valence-electron chi connectivity index (χ1n) is 7.22. The van der Waals surface area contributed by atoms with Crippen molar-refractivity contribution in [1.82, 2.24) is 0 Å². The van der Waals surface area contributed by atoms with Gasteiger partial charge in [0, 0.05) is 16.6 Å². The van der Waals surface area contributed by atoms with Gasteiger partial charge in [-0.2, -0.15) is 0 Å². The fraction of sp³-hybridized carbons (Fsp3) is 0.0556. The van der Waals surface area contributed by atoms with Gasteiger partial charge in [-0.25, -0.2) is 4.99 Å². The summed E-state index contributed by atoms with van der Waals surface area (Å²) in [5.74, 6) is 1.92. The first-order chi connectivity index (χ1) is 11.3. The molecule has 0 atom stereocenters. The molecular formula is C18H17N3OS. The van der Waals surface area contributed by atoms with Crippen LogP contribution in [0.25, 0.3) is 0 Å². The molecule has 0 saturated heterocycles. The van der Waals surface area contributed by atoms with E-state index in [0.717, 1.165) is 17.2 Å². The van der Waals surface area contributed by atoms with Crippen LogP contribution >= 0.6 is 11.3 Å². The van der Waals surface area contributed by atoms with Crippen LogP contribution in [0.2, 0.25) is 0 Å². The molecule has 0 fully saturated rings. The number of thiophene rings is 1.